The van der Waals surface area contributed by atoms with Crippen molar-refractivity contribution in [3.8, 4) is 0 Å². The molecule has 1 saturated heterocycles. The molecule has 0 saturated carbocycles. The van der Waals surface area contributed by atoms with Gasteiger partial charge in [-0.2, -0.15) is 0 Å². The Hall–Kier alpha value is -0.310. The van der Waals surface area contributed by atoms with Gasteiger partial charge in [0.1, 0.15) is 0 Å². The minimum absolute atomic E-state index is 0.559. The highest BCUT2D eigenvalue weighted by Crippen LogP contribution is 2.21. The van der Waals surface area contributed by atoms with Gasteiger partial charge in [-0.25, -0.2) is 0 Å². The van der Waals surface area contributed by atoms with Gasteiger partial charge in [-0.1, -0.05) is 13.8 Å². The number of hydrogen-bond donors (Lipinski definition) is 1. The average Bonchev–Trinajstić information content (AvgIpc) is 1.94. The highest BCUT2D eigenvalue weighted by atomic mass is 32.1. The first-order chi connectivity index (χ1) is 5.11. The largest absolute Gasteiger partial charge is 0.376 e. The molecule has 0 radical (unpaired) electrons. The first kappa shape index (κ1) is 8.78. The van der Waals surface area contributed by atoms with E-state index in [-0.39, 0.29) is 0 Å². The van der Waals surface area contributed by atoms with E-state index in [9.17, 15) is 0 Å². The smallest absolute Gasteiger partial charge is 0.166 e. The Morgan fingerprint density at radius 2 is 2.09 bits per heavy atom. The zero-order valence-electron chi connectivity index (χ0n) is 7.21. The fraction of sp³-hybridized carbons (Fsp3) is 0.875. The number of piperidine rings is 1. The molecule has 1 aliphatic rings. The summed E-state index contributed by atoms with van der Waals surface area (Å²) in [5.41, 5.74) is 5.53. The van der Waals surface area contributed by atoms with Crippen LogP contribution in [-0.2, 0) is 0 Å². The topological polar surface area (TPSA) is 29.3 Å². The van der Waals surface area contributed by atoms with Crippen LogP contribution in [0.15, 0.2) is 0 Å². The Labute approximate surface area is 73.7 Å². The molecule has 3 heteroatoms. The maximum atomic E-state index is 5.53. The van der Waals surface area contributed by atoms with Crippen molar-refractivity contribution < 1.29 is 0 Å². The van der Waals surface area contributed by atoms with E-state index >= 15 is 0 Å². The van der Waals surface area contributed by atoms with Crippen LogP contribution in [0.25, 0.3) is 0 Å². The van der Waals surface area contributed by atoms with E-state index in [1.54, 1.807) is 0 Å². The standard InChI is InChI=1S/C8H16N2S/c1-6-3-4-10(8(9)11)5-7(6)2/h6-7H,3-5H2,1-2H3,(H2,9,11). The lowest BCUT2D eigenvalue weighted by Gasteiger charge is -2.35. The minimum atomic E-state index is 0.559. The van der Waals surface area contributed by atoms with Crippen LogP contribution in [0.5, 0.6) is 0 Å². The summed E-state index contributed by atoms with van der Waals surface area (Å²) in [7, 11) is 0. The molecule has 0 aromatic heterocycles. The quantitative estimate of drug-likeness (QED) is 0.557. The number of nitrogens with two attached hydrogens (primary N) is 1. The summed E-state index contributed by atoms with van der Waals surface area (Å²) in [5, 5.41) is 0.559. The second-order valence-electron chi connectivity index (χ2n) is 3.53. The summed E-state index contributed by atoms with van der Waals surface area (Å²) >= 11 is 4.91. The number of hydrogen-bond acceptors (Lipinski definition) is 1. The van der Waals surface area contributed by atoms with Crippen LogP contribution in [0.2, 0.25) is 0 Å². The predicted molar refractivity (Wildman–Crippen MR) is 51.3 cm³/mol. The monoisotopic (exact) mass is 172 g/mol. The summed E-state index contributed by atoms with van der Waals surface area (Å²) in [5.74, 6) is 1.55. The fourth-order valence-corrected chi connectivity index (χ4v) is 1.63. The second kappa shape index (κ2) is 3.39. The maximum Gasteiger partial charge on any atom is 0.166 e. The van der Waals surface area contributed by atoms with E-state index in [1.807, 2.05) is 0 Å². The van der Waals surface area contributed by atoms with Crippen LogP contribution in [0, 0.1) is 11.8 Å². The van der Waals surface area contributed by atoms with Crippen LogP contribution in [0.4, 0.5) is 0 Å². The van der Waals surface area contributed by atoms with Crippen LogP contribution in [-0.4, -0.2) is 23.1 Å². The summed E-state index contributed by atoms with van der Waals surface area (Å²) in [6.07, 6.45) is 1.22. The van der Waals surface area contributed by atoms with Gasteiger partial charge in [0.05, 0.1) is 0 Å². The summed E-state index contributed by atoms with van der Waals surface area (Å²) in [6, 6.07) is 0. The number of rotatable bonds is 0. The Kier molecular flexibility index (Phi) is 2.71. The molecule has 1 heterocycles. The van der Waals surface area contributed by atoms with E-state index in [0.717, 1.165) is 24.9 Å². The van der Waals surface area contributed by atoms with Gasteiger partial charge >= 0.3 is 0 Å². The Morgan fingerprint density at radius 3 is 2.55 bits per heavy atom. The third-order valence-electron chi connectivity index (χ3n) is 2.65. The molecule has 0 amide bonds. The Morgan fingerprint density at radius 1 is 1.45 bits per heavy atom. The third kappa shape index (κ3) is 2.06. The maximum absolute atomic E-state index is 5.53. The van der Waals surface area contributed by atoms with E-state index < -0.39 is 0 Å². The van der Waals surface area contributed by atoms with Crippen molar-refractivity contribution >= 4 is 17.3 Å². The highest BCUT2D eigenvalue weighted by Gasteiger charge is 2.22. The molecule has 0 aromatic carbocycles. The molecule has 0 bridgehead atoms. The summed E-state index contributed by atoms with van der Waals surface area (Å²) in [4.78, 5) is 2.10. The van der Waals surface area contributed by atoms with Gasteiger partial charge in [-0.3, -0.25) is 0 Å². The molecule has 0 aromatic rings. The van der Waals surface area contributed by atoms with Gasteiger partial charge in [0, 0.05) is 13.1 Å². The van der Waals surface area contributed by atoms with Gasteiger partial charge < -0.3 is 10.6 Å². The van der Waals surface area contributed by atoms with Gasteiger partial charge in [0.25, 0.3) is 0 Å². The molecule has 11 heavy (non-hydrogen) atoms. The van der Waals surface area contributed by atoms with Crippen LogP contribution in [0.3, 0.4) is 0 Å². The van der Waals surface area contributed by atoms with Crippen molar-refractivity contribution in [1.82, 2.24) is 4.90 Å². The lowest BCUT2D eigenvalue weighted by molar-refractivity contribution is 0.205. The summed E-state index contributed by atoms with van der Waals surface area (Å²) in [6.45, 7) is 6.63. The summed E-state index contributed by atoms with van der Waals surface area (Å²) < 4.78 is 0. The second-order valence-corrected chi connectivity index (χ2v) is 3.95. The predicted octanol–water partition coefficient (Wildman–Crippen LogP) is 1.21. The number of nitrogens with zero attached hydrogens (tertiary/aromatic N) is 1. The SMILES string of the molecule is CC1CCN(C(N)=S)CC1C. The van der Waals surface area contributed by atoms with E-state index in [0.29, 0.717) is 5.11 Å². The fourth-order valence-electron chi connectivity index (χ4n) is 1.46. The molecule has 2 atom stereocenters. The van der Waals surface area contributed by atoms with Crippen molar-refractivity contribution in [2.24, 2.45) is 17.6 Å². The minimum Gasteiger partial charge on any atom is -0.376 e. The molecule has 2 N–H and O–H groups in total. The molecular formula is C8H16N2S. The van der Waals surface area contributed by atoms with E-state index in [2.05, 4.69) is 18.7 Å². The van der Waals surface area contributed by atoms with Crippen LogP contribution < -0.4 is 5.73 Å². The average molecular weight is 172 g/mol. The van der Waals surface area contributed by atoms with Crippen molar-refractivity contribution in [2.45, 2.75) is 20.3 Å². The van der Waals surface area contributed by atoms with Crippen molar-refractivity contribution in [3.63, 3.8) is 0 Å². The lowest BCUT2D eigenvalue weighted by Crippen LogP contribution is -2.44. The molecule has 1 fully saturated rings. The molecule has 1 rings (SSSR count). The molecule has 2 nitrogen and oxygen atoms in total. The molecule has 64 valence electrons. The lowest BCUT2D eigenvalue weighted by atomic mass is 9.89. The van der Waals surface area contributed by atoms with Crippen molar-refractivity contribution in [3.05, 3.63) is 0 Å². The van der Waals surface area contributed by atoms with Crippen molar-refractivity contribution in [1.29, 1.82) is 0 Å². The van der Waals surface area contributed by atoms with Gasteiger partial charge in [-0.05, 0) is 30.5 Å². The van der Waals surface area contributed by atoms with E-state index in [1.165, 1.54) is 6.42 Å². The first-order valence-electron chi connectivity index (χ1n) is 4.15. The third-order valence-corrected chi connectivity index (χ3v) is 2.90. The zero-order valence-corrected chi connectivity index (χ0v) is 8.03. The van der Waals surface area contributed by atoms with Crippen molar-refractivity contribution in [2.75, 3.05) is 13.1 Å². The Bertz CT molecular complexity index is 158. The molecular weight excluding hydrogens is 156 g/mol. The van der Waals surface area contributed by atoms with E-state index in [4.69, 9.17) is 18.0 Å². The van der Waals surface area contributed by atoms with Gasteiger partial charge in [0.15, 0.2) is 5.11 Å². The highest BCUT2D eigenvalue weighted by molar-refractivity contribution is 7.80. The van der Waals surface area contributed by atoms with Crippen LogP contribution in [0.1, 0.15) is 20.3 Å². The molecule has 0 aliphatic carbocycles. The molecule has 0 spiro atoms. The van der Waals surface area contributed by atoms with Gasteiger partial charge in [0.2, 0.25) is 0 Å². The number of thiocarbonyl (C=S) groups is 1. The number of likely N-dealkylation sites (tertiary alicyclic amines) is 1. The Balaban J connectivity index is 2.46. The molecule has 2 unspecified atom stereocenters. The van der Waals surface area contributed by atoms with Gasteiger partial charge in [-0.15, -0.1) is 0 Å². The van der Waals surface area contributed by atoms with Crippen LogP contribution >= 0.6 is 12.2 Å². The normalized spacial score (nSPS) is 32.0. The molecule has 1 aliphatic heterocycles. The zero-order chi connectivity index (χ0) is 8.43. The first-order valence-corrected chi connectivity index (χ1v) is 4.56.